The number of nitrogens with one attached hydrogen (secondary N) is 1. The predicted octanol–water partition coefficient (Wildman–Crippen LogP) is 3.00. The number of amides is 1. The first kappa shape index (κ1) is 18.8. The highest BCUT2D eigenvalue weighted by Gasteiger charge is 2.25. The van der Waals surface area contributed by atoms with Crippen molar-refractivity contribution in [2.24, 2.45) is 11.7 Å². The molecule has 2 aliphatic rings. The van der Waals surface area contributed by atoms with Gasteiger partial charge in [0.25, 0.3) is 0 Å². The van der Waals surface area contributed by atoms with E-state index in [1.54, 1.807) is 0 Å². The number of hydrogen-bond acceptors (Lipinski definition) is 4. The summed E-state index contributed by atoms with van der Waals surface area (Å²) in [5.41, 5.74) is 10.6. The van der Waals surface area contributed by atoms with Crippen LogP contribution in [-0.4, -0.2) is 25.1 Å². The molecular weight excluding hydrogens is 350 g/mol. The van der Waals surface area contributed by atoms with E-state index in [1.807, 2.05) is 0 Å². The number of carbonyl (C=O) groups is 1. The summed E-state index contributed by atoms with van der Waals surface area (Å²) in [7, 11) is 0. The van der Waals surface area contributed by atoms with E-state index in [9.17, 15) is 4.79 Å². The molecule has 0 bridgehead atoms. The minimum Gasteiger partial charge on any atom is -0.490 e. The summed E-state index contributed by atoms with van der Waals surface area (Å²) < 4.78 is 5.79. The highest BCUT2D eigenvalue weighted by atomic mass is 16.5. The molecule has 2 aromatic carbocycles. The van der Waals surface area contributed by atoms with E-state index in [4.69, 9.17) is 10.5 Å². The molecular formula is C23H29N3O2. The summed E-state index contributed by atoms with van der Waals surface area (Å²) in [5, 5.41) is 3.57. The summed E-state index contributed by atoms with van der Waals surface area (Å²) in [6, 6.07) is 14.9. The van der Waals surface area contributed by atoms with Crippen molar-refractivity contribution in [3.8, 4) is 5.75 Å². The summed E-state index contributed by atoms with van der Waals surface area (Å²) >= 11 is 0. The zero-order chi connectivity index (χ0) is 19.5. The first-order valence-electron chi connectivity index (χ1n) is 10.2. The lowest BCUT2D eigenvalue weighted by atomic mass is 9.96. The van der Waals surface area contributed by atoms with E-state index < -0.39 is 0 Å². The Kier molecular flexibility index (Phi) is 5.53. The standard InChI is InChI=1S/C23H29N3O2/c1-16-11-20-12-17(8-9-22(20)28-16)13-25-14-18-5-2-3-7-21(18)26-10-4-6-19(15-26)23(24)27/h2-3,5,7-9,12,16,19,25H,4,6,10-11,13-15H2,1H3,(H2,24,27). The van der Waals surface area contributed by atoms with Crippen molar-refractivity contribution in [3.63, 3.8) is 0 Å². The van der Waals surface area contributed by atoms with Crippen molar-refractivity contribution < 1.29 is 9.53 Å². The molecule has 5 nitrogen and oxygen atoms in total. The third kappa shape index (κ3) is 4.14. The van der Waals surface area contributed by atoms with Crippen LogP contribution in [0.2, 0.25) is 0 Å². The van der Waals surface area contributed by atoms with Gasteiger partial charge in [0.15, 0.2) is 0 Å². The lowest BCUT2D eigenvalue weighted by Crippen LogP contribution is -2.41. The lowest BCUT2D eigenvalue weighted by molar-refractivity contribution is -0.122. The maximum atomic E-state index is 11.6. The van der Waals surface area contributed by atoms with Gasteiger partial charge in [-0.05, 0) is 48.6 Å². The molecule has 0 spiro atoms. The Morgan fingerprint density at radius 3 is 2.96 bits per heavy atom. The fourth-order valence-electron chi connectivity index (χ4n) is 4.32. The molecule has 148 valence electrons. The van der Waals surface area contributed by atoms with Crippen molar-refractivity contribution in [1.29, 1.82) is 0 Å². The average Bonchev–Trinajstić information content (AvgIpc) is 3.08. The van der Waals surface area contributed by atoms with E-state index >= 15 is 0 Å². The molecule has 1 fully saturated rings. The molecule has 2 atom stereocenters. The number of para-hydroxylation sites is 1. The van der Waals surface area contributed by atoms with Crippen LogP contribution in [0.1, 0.15) is 36.5 Å². The van der Waals surface area contributed by atoms with Gasteiger partial charge in [0, 0.05) is 38.3 Å². The Morgan fingerprint density at radius 1 is 1.25 bits per heavy atom. The van der Waals surface area contributed by atoms with Crippen LogP contribution in [0.25, 0.3) is 0 Å². The number of primary amides is 1. The van der Waals surface area contributed by atoms with Crippen LogP contribution < -0.4 is 20.7 Å². The van der Waals surface area contributed by atoms with E-state index in [-0.39, 0.29) is 17.9 Å². The zero-order valence-corrected chi connectivity index (χ0v) is 16.5. The quantitative estimate of drug-likeness (QED) is 0.810. The molecule has 4 rings (SSSR count). The zero-order valence-electron chi connectivity index (χ0n) is 16.5. The predicted molar refractivity (Wildman–Crippen MR) is 111 cm³/mol. The van der Waals surface area contributed by atoms with Gasteiger partial charge in [-0.2, -0.15) is 0 Å². The van der Waals surface area contributed by atoms with Crippen LogP contribution in [0, 0.1) is 5.92 Å². The monoisotopic (exact) mass is 379 g/mol. The highest BCUT2D eigenvalue weighted by molar-refractivity contribution is 5.77. The number of anilines is 1. The topological polar surface area (TPSA) is 67.6 Å². The van der Waals surface area contributed by atoms with Crippen LogP contribution in [0.5, 0.6) is 5.75 Å². The van der Waals surface area contributed by atoms with E-state index in [1.165, 1.54) is 22.4 Å². The van der Waals surface area contributed by atoms with Crippen LogP contribution >= 0.6 is 0 Å². The first-order chi connectivity index (χ1) is 13.6. The maximum absolute atomic E-state index is 11.6. The number of rotatable bonds is 6. The molecule has 0 saturated carbocycles. The number of nitrogens with zero attached hydrogens (tertiary/aromatic N) is 1. The van der Waals surface area contributed by atoms with Crippen LogP contribution in [0.4, 0.5) is 5.69 Å². The van der Waals surface area contributed by atoms with Gasteiger partial charge in [0.1, 0.15) is 11.9 Å². The molecule has 0 aliphatic carbocycles. The Balaban J connectivity index is 1.39. The van der Waals surface area contributed by atoms with E-state index in [0.29, 0.717) is 0 Å². The van der Waals surface area contributed by atoms with Gasteiger partial charge in [-0.3, -0.25) is 4.79 Å². The van der Waals surface area contributed by atoms with Crippen molar-refractivity contribution in [2.45, 2.75) is 45.4 Å². The Labute approximate surface area is 166 Å². The number of carbonyl (C=O) groups excluding carboxylic acids is 1. The fourth-order valence-corrected chi connectivity index (χ4v) is 4.32. The fraction of sp³-hybridized carbons (Fsp3) is 0.435. The lowest BCUT2D eigenvalue weighted by Gasteiger charge is -2.34. The van der Waals surface area contributed by atoms with Crippen LogP contribution in [0.3, 0.4) is 0 Å². The van der Waals surface area contributed by atoms with Gasteiger partial charge in [0.05, 0.1) is 5.92 Å². The second-order valence-electron chi connectivity index (χ2n) is 7.99. The molecule has 0 radical (unpaired) electrons. The molecule has 2 heterocycles. The number of benzene rings is 2. The minimum atomic E-state index is -0.185. The molecule has 3 N–H and O–H groups in total. The summed E-state index contributed by atoms with van der Waals surface area (Å²) in [6.07, 6.45) is 3.17. The smallest absolute Gasteiger partial charge is 0.222 e. The largest absolute Gasteiger partial charge is 0.490 e. The SMILES string of the molecule is CC1Cc2cc(CNCc3ccccc3N3CCCC(C(N)=O)C3)ccc2O1. The summed E-state index contributed by atoms with van der Waals surface area (Å²) in [4.78, 5) is 13.9. The maximum Gasteiger partial charge on any atom is 0.222 e. The number of hydrogen-bond donors (Lipinski definition) is 2. The van der Waals surface area contributed by atoms with Crippen LogP contribution in [-0.2, 0) is 24.3 Å². The van der Waals surface area contributed by atoms with Crippen molar-refractivity contribution >= 4 is 11.6 Å². The molecule has 1 saturated heterocycles. The van der Waals surface area contributed by atoms with Gasteiger partial charge in [-0.15, -0.1) is 0 Å². The number of fused-ring (bicyclic) bond motifs is 1. The van der Waals surface area contributed by atoms with E-state index in [2.05, 4.69) is 59.6 Å². The molecule has 0 aromatic heterocycles. The van der Waals surface area contributed by atoms with Crippen molar-refractivity contribution in [1.82, 2.24) is 5.32 Å². The van der Waals surface area contributed by atoms with Crippen molar-refractivity contribution in [2.75, 3.05) is 18.0 Å². The number of ether oxygens (including phenoxy) is 1. The summed E-state index contributed by atoms with van der Waals surface area (Å²) in [6.45, 7) is 5.41. The van der Waals surface area contributed by atoms with E-state index in [0.717, 1.165) is 51.2 Å². The van der Waals surface area contributed by atoms with Crippen molar-refractivity contribution in [3.05, 3.63) is 59.2 Å². The number of nitrogens with two attached hydrogens (primary N) is 1. The normalized spacial score (nSPS) is 21.2. The van der Waals surface area contributed by atoms with Gasteiger partial charge in [-0.1, -0.05) is 30.3 Å². The van der Waals surface area contributed by atoms with Gasteiger partial charge in [-0.25, -0.2) is 0 Å². The van der Waals surface area contributed by atoms with Gasteiger partial charge >= 0.3 is 0 Å². The second kappa shape index (κ2) is 8.23. The number of piperidine rings is 1. The van der Waals surface area contributed by atoms with Gasteiger partial charge in [0.2, 0.25) is 5.91 Å². The Hall–Kier alpha value is -2.53. The molecule has 2 aliphatic heterocycles. The second-order valence-corrected chi connectivity index (χ2v) is 7.99. The molecule has 1 amide bonds. The van der Waals surface area contributed by atoms with Gasteiger partial charge < -0.3 is 20.7 Å². The first-order valence-corrected chi connectivity index (χ1v) is 10.2. The minimum absolute atomic E-state index is 0.0502. The molecule has 2 unspecified atom stereocenters. The average molecular weight is 380 g/mol. The highest BCUT2D eigenvalue weighted by Crippen LogP contribution is 2.30. The third-order valence-corrected chi connectivity index (χ3v) is 5.76. The molecule has 28 heavy (non-hydrogen) atoms. The molecule has 2 aromatic rings. The Morgan fingerprint density at radius 2 is 2.11 bits per heavy atom. The Bertz CT molecular complexity index is 851. The third-order valence-electron chi connectivity index (χ3n) is 5.76. The van der Waals surface area contributed by atoms with Crippen LogP contribution in [0.15, 0.2) is 42.5 Å². The molecule has 5 heteroatoms. The summed E-state index contributed by atoms with van der Waals surface area (Å²) in [5.74, 6) is 0.789.